The van der Waals surface area contributed by atoms with Gasteiger partial charge in [-0.1, -0.05) is 60.7 Å². The normalized spacial score (nSPS) is 24.4. The van der Waals surface area contributed by atoms with Crippen LogP contribution in [-0.4, -0.2) is 67.8 Å². The van der Waals surface area contributed by atoms with E-state index in [1.807, 2.05) is 24.3 Å². The van der Waals surface area contributed by atoms with Crippen molar-refractivity contribution in [2.24, 2.45) is 0 Å². The Morgan fingerprint density at radius 2 is 1.69 bits per heavy atom. The lowest BCUT2D eigenvalue weighted by Gasteiger charge is -2.33. The largest absolute Gasteiger partial charge is 0.379 e. The molecule has 0 saturated carbocycles. The zero-order valence-electron chi connectivity index (χ0n) is 16.9. The fourth-order valence-corrected chi connectivity index (χ4v) is 4.39. The van der Waals surface area contributed by atoms with Crippen LogP contribution >= 0.6 is 0 Å². The molecule has 0 amide bonds. The van der Waals surface area contributed by atoms with Crippen LogP contribution in [0.3, 0.4) is 0 Å². The number of benzene rings is 2. The van der Waals surface area contributed by atoms with Crippen LogP contribution in [-0.2, 0) is 20.7 Å². The maximum Gasteiger partial charge on any atom is 0.168 e. The number of aldehydes is 1. The summed E-state index contributed by atoms with van der Waals surface area (Å²) in [7, 11) is 0. The van der Waals surface area contributed by atoms with Crippen LogP contribution < -0.4 is 0 Å². The van der Waals surface area contributed by atoms with Crippen molar-refractivity contribution in [1.29, 1.82) is 0 Å². The summed E-state index contributed by atoms with van der Waals surface area (Å²) in [5, 5.41) is 0. The van der Waals surface area contributed by atoms with Crippen molar-refractivity contribution in [3.05, 3.63) is 71.8 Å². The van der Waals surface area contributed by atoms with Crippen molar-refractivity contribution in [3.63, 3.8) is 0 Å². The van der Waals surface area contributed by atoms with Crippen molar-refractivity contribution in [1.82, 2.24) is 9.80 Å². The van der Waals surface area contributed by atoms with E-state index in [-0.39, 0.29) is 12.1 Å². The van der Waals surface area contributed by atoms with E-state index in [9.17, 15) is 4.79 Å². The van der Waals surface area contributed by atoms with Gasteiger partial charge in [0.2, 0.25) is 0 Å². The standard InChI is InChI=1S/C24H30N2O3/c27-19-24-26(18-22(29-24)17-20-7-3-1-4-8-20)23(21-9-5-2-6-10-21)11-12-25-13-15-28-16-14-25/h1-10,19,22-24H,11-18H2. The van der Waals surface area contributed by atoms with E-state index in [0.29, 0.717) is 0 Å². The molecule has 0 spiro atoms. The lowest BCUT2D eigenvalue weighted by molar-refractivity contribution is -0.125. The van der Waals surface area contributed by atoms with Gasteiger partial charge in [-0.05, 0) is 24.0 Å². The SMILES string of the molecule is O=CC1OC(Cc2ccccc2)CN1C(CCN1CCOCC1)c1ccccc1. The summed E-state index contributed by atoms with van der Waals surface area (Å²) in [6.07, 6.45) is 2.29. The molecule has 3 unspecified atom stereocenters. The van der Waals surface area contributed by atoms with Crippen molar-refractivity contribution in [2.45, 2.75) is 31.2 Å². The van der Waals surface area contributed by atoms with Crippen LogP contribution in [0.4, 0.5) is 0 Å². The molecule has 5 nitrogen and oxygen atoms in total. The van der Waals surface area contributed by atoms with Crippen molar-refractivity contribution in [2.75, 3.05) is 39.4 Å². The Balaban J connectivity index is 1.48. The van der Waals surface area contributed by atoms with Crippen molar-refractivity contribution >= 4 is 6.29 Å². The molecule has 4 rings (SSSR count). The Bertz CT molecular complexity index is 749. The number of nitrogens with zero attached hydrogens (tertiary/aromatic N) is 2. The predicted octanol–water partition coefficient (Wildman–Crippen LogP) is 2.92. The van der Waals surface area contributed by atoms with Gasteiger partial charge in [0.25, 0.3) is 0 Å². The molecule has 2 aliphatic rings. The lowest BCUT2D eigenvalue weighted by atomic mass is 10.0. The maximum atomic E-state index is 11.9. The third-order valence-electron chi connectivity index (χ3n) is 5.90. The van der Waals surface area contributed by atoms with E-state index in [4.69, 9.17) is 9.47 Å². The Kier molecular flexibility index (Phi) is 7.06. The van der Waals surface area contributed by atoms with Crippen LogP contribution in [0.1, 0.15) is 23.6 Å². The predicted molar refractivity (Wildman–Crippen MR) is 113 cm³/mol. The molecule has 154 valence electrons. The Morgan fingerprint density at radius 3 is 2.38 bits per heavy atom. The number of carbonyl (C=O) groups is 1. The molecule has 2 aliphatic heterocycles. The first kappa shape index (κ1) is 20.2. The highest BCUT2D eigenvalue weighted by Gasteiger charge is 2.37. The molecule has 5 heteroatoms. The Labute approximate surface area is 173 Å². The fourth-order valence-electron chi connectivity index (χ4n) is 4.39. The quantitative estimate of drug-likeness (QED) is 0.644. The van der Waals surface area contributed by atoms with E-state index < -0.39 is 6.23 Å². The van der Waals surface area contributed by atoms with E-state index in [1.165, 1.54) is 11.1 Å². The lowest BCUT2D eigenvalue weighted by Crippen LogP contribution is -2.40. The molecule has 2 heterocycles. The molecule has 3 atom stereocenters. The van der Waals surface area contributed by atoms with Crippen molar-refractivity contribution < 1.29 is 14.3 Å². The van der Waals surface area contributed by atoms with Crippen LogP contribution in [0.15, 0.2) is 60.7 Å². The molecule has 0 aromatic heterocycles. The topological polar surface area (TPSA) is 42.0 Å². The minimum atomic E-state index is -0.487. The average molecular weight is 395 g/mol. The highest BCUT2D eigenvalue weighted by atomic mass is 16.5. The molecule has 0 N–H and O–H groups in total. The number of ether oxygens (including phenoxy) is 2. The summed E-state index contributed by atoms with van der Waals surface area (Å²) < 4.78 is 11.6. The highest BCUT2D eigenvalue weighted by Crippen LogP contribution is 2.32. The number of hydrogen-bond acceptors (Lipinski definition) is 5. The molecule has 2 aromatic rings. The molecule has 0 radical (unpaired) electrons. The van der Waals surface area contributed by atoms with Gasteiger partial charge < -0.3 is 9.47 Å². The zero-order valence-corrected chi connectivity index (χ0v) is 16.9. The third kappa shape index (κ3) is 5.31. The minimum Gasteiger partial charge on any atom is -0.379 e. The molecule has 29 heavy (non-hydrogen) atoms. The second-order valence-corrected chi connectivity index (χ2v) is 7.84. The van der Waals surface area contributed by atoms with Gasteiger partial charge in [-0.3, -0.25) is 14.6 Å². The number of hydrogen-bond donors (Lipinski definition) is 0. The zero-order chi connectivity index (χ0) is 19.9. The minimum absolute atomic E-state index is 0.0298. The van der Waals surface area contributed by atoms with Gasteiger partial charge in [0.15, 0.2) is 12.5 Å². The molecular formula is C24H30N2O3. The summed E-state index contributed by atoms with van der Waals surface area (Å²) in [5.74, 6) is 0. The van der Waals surface area contributed by atoms with Crippen LogP contribution in [0, 0.1) is 0 Å². The first-order valence-electron chi connectivity index (χ1n) is 10.6. The van der Waals surface area contributed by atoms with Crippen LogP contribution in [0.2, 0.25) is 0 Å². The van der Waals surface area contributed by atoms with Gasteiger partial charge >= 0.3 is 0 Å². The summed E-state index contributed by atoms with van der Waals surface area (Å²) in [6.45, 7) is 5.32. The number of carbonyl (C=O) groups excluding carboxylic acids is 1. The maximum absolute atomic E-state index is 11.9. The summed E-state index contributed by atoms with van der Waals surface area (Å²) >= 11 is 0. The Hall–Kier alpha value is -2.05. The average Bonchev–Trinajstić information content (AvgIpc) is 3.18. The fraction of sp³-hybridized carbons (Fsp3) is 0.458. The highest BCUT2D eigenvalue weighted by molar-refractivity contribution is 5.56. The smallest absolute Gasteiger partial charge is 0.168 e. The van der Waals surface area contributed by atoms with E-state index in [0.717, 1.165) is 58.5 Å². The van der Waals surface area contributed by atoms with Crippen LogP contribution in [0.5, 0.6) is 0 Å². The van der Waals surface area contributed by atoms with Gasteiger partial charge in [-0.25, -0.2) is 0 Å². The number of rotatable bonds is 8. The van der Waals surface area contributed by atoms with Crippen molar-refractivity contribution in [3.8, 4) is 0 Å². The summed E-state index contributed by atoms with van der Waals surface area (Å²) in [5.41, 5.74) is 2.49. The Morgan fingerprint density at radius 1 is 1.00 bits per heavy atom. The van der Waals surface area contributed by atoms with Gasteiger partial charge in [-0.15, -0.1) is 0 Å². The molecule has 2 fully saturated rings. The van der Waals surface area contributed by atoms with E-state index >= 15 is 0 Å². The van der Waals surface area contributed by atoms with Crippen LogP contribution in [0.25, 0.3) is 0 Å². The number of morpholine rings is 1. The second kappa shape index (κ2) is 10.1. The van der Waals surface area contributed by atoms with Gasteiger partial charge in [0.05, 0.1) is 19.3 Å². The van der Waals surface area contributed by atoms with Gasteiger partial charge in [-0.2, -0.15) is 0 Å². The molecule has 2 saturated heterocycles. The summed E-state index contributed by atoms with van der Waals surface area (Å²) in [6, 6.07) is 21.0. The first-order valence-corrected chi connectivity index (χ1v) is 10.6. The summed E-state index contributed by atoms with van der Waals surface area (Å²) in [4.78, 5) is 16.6. The molecule has 0 bridgehead atoms. The molecule has 0 aliphatic carbocycles. The molecule has 2 aromatic carbocycles. The third-order valence-corrected chi connectivity index (χ3v) is 5.90. The molecular weight excluding hydrogens is 364 g/mol. The second-order valence-electron chi connectivity index (χ2n) is 7.84. The van der Waals surface area contributed by atoms with E-state index in [1.54, 1.807) is 0 Å². The van der Waals surface area contributed by atoms with E-state index in [2.05, 4.69) is 46.2 Å². The van der Waals surface area contributed by atoms with Gasteiger partial charge in [0, 0.05) is 32.2 Å². The van der Waals surface area contributed by atoms with Gasteiger partial charge in [0.1, 0.15) is 0 Å². The first-order chi connectivity index (χ1) is 14.3. The monoisotopic (exact) mass is 394 g/mol.